The number of fused-ring (bicyclic) bond motifs is 1. The van der Waals surface area contributed by atoms with Crippen molar-refractivity contribution < 1.29 is 5.11 Å². The summed E-state index contributed by atoms with van der Waals surface area (Å²) in [5.41, 5.74) is 6.91. The van der Waals surface area contributed by atoms with Gasteiger partial charge in [-0.15, -0.1) is 0 Å². The van der Waals surface area contributed by atoms with Gasteiger partial charge in [0.2, 0.25) is 0 Å². The molecule has 1 fully saturated rings. The van der Waals surface area contributed by atoms with E-state index in [-0.39, 0.29) is 5.75 Å². The van der Waals surface area contributed by atoms with Gasteiger partial charge in [-0.25, -0.2) is 0 Å². The standard InChI is InChI=1S/C15H23N5O/c1-18-7-9-19(10-8-18)5-2-6-20-14-4-3-12(21)11-13(14)15(16)17-20/h3-4,11,21H,2,5-10H2,1H3,(H2,16,17). The van der Waals surface area contributed by atoms with Crippen LogP contribution in [-0.2, 0) is 6.54 Å². The van der Waals surface area contributed by atoms with Crippen molar-refractivity contribution in [2.24, 2.45) is 0 Å². The lowest BCUT2D eigenvalue weighted by molar-refractivity contribution is 0.151. The fourth-order valence-corrected chi connectivity index (χ4v) is 2.88. The number of nitrogen functional groups attached to an aromatic ring is 1. The summed E-state index contributed by atoms with van der Waals surface area (Å²) in [5.74, 6) is 0.715. The summed E-state index contributed by atoms with van der Waals surface area (Å²) >= 11 is 0. The number of nitrogens with zero attached hydrogens (tertiary/aromatic N) is 4. The molecule has 3 rings (SSSR count). The Bertz CT molecular complexity index is 616. The number of phenols is 1. The molecule has 0 amide bonds. The van der Waals surface area contributed by atoms with Crippen LogP contribution in [-0.4, -0.2) is 64.5 Å². The van der Waals surface area contributed by atoms with E-state index in [0.29, 0.717) is 5.82 Å². The summed E-state index contributed by atoms with van der Waals surface area (Å²) in [5, 5.41) is 14.7. The maximum atomic E-state index is 9.53. The monoisotopic (exact) mass is 289 g/mol. The molecule has 0 radical (unpaired) electrons. The minimum absolute atomic E-state index is 0.228. The number of piperazine rings is 1. The van der Waals surface area contributed by atoms with E-state index in [9.17, 15) is 5.11 Å². The Morgan fingerprint density at radius 3 is 2.71 bits per heavy atom. The number of hydrogen-bond acceptors (Lipinski definition) is 5. The van der Waals surface area contributed by atoms with Crippen LogP contribution in [0.3, 0.4) is 0 Å². The lowest BCUT2D eigenvalue weighted by Crippen LogP contribution is -2.44. The number of rotatable bonds is 4. The Morgan fingerprint density at radius 2 is 1.95 bits per heavy atom. The summed E-state index contributed by atoms with van der Waals surface area (Å²) in [6, 6.07) is 5.24. The third-order valence-corrected chi connectivity index (χ3v) is 4.20. The first-order chi connectivity index (χ1) is 10.1. The summed E-state index contributed by atoms with van der Waals surface area (Å²) in [6.07, 6.45) is 1.06. The molecule has 0 atom stereocenters. The molecule has 1 saturated heterocycles. The molecule has 0 saturated carbocycles. The van der Waals surface area contributed by atoms with Gasteiger partial charge in [0.1, 0.15) is 5.75 Å². The van der Waals surface area contributed by atoms with Crippen LogP contribution in [0.4, 0.5) is 5.82 Å². The van der Waals surface area contributed by atoms with Crippen molar-refractivity contribution in [2.45, 2.75) is 13.0 Å². The van der Waals surface area contributed by atoms with Crippen LogP contribution in [0.1, 0.15) is 6.42 Å². The van der Waals surface area contributed by atoms with Crippen molar-refractivity contribution in [1.82, 2.24) is 19.6 Å². The molecule has 6 heteroatoms. The fourth-order valence-electron chi connectivity index (χ4n) is 2.88. The summed E-state index contributed by atoms with van der Waals surface area (Å²) in [7, 11) is 2.17. The van der Waals surface area contributed by atoms with Gasteiger partial charge in [0.25, 0.3) is 0 Å². The molecule has 1 aliphatic heterocycles. The number of likely N-dealkylation sites (N-methyl/N-ethyl adjacent to an activating group) is 1. The molecule has 1 aromatic heterocycles. The Kier molecular flexibility index (Phi) is 3.98. The average Bonchev–Trinajstić information content (AvgIpc) is 2.77. The first-order valence-corrected chi connectivity index (χ1v) is 7.49. The molecular weight excluding hydrogens is 266 g/mol. The predicted molar refractivity (Wildman–Crippen MR) is 84.4 cm³/mol. The normalized spacial score (nSPS) is 17.6. The number of hydrogen-bond donors (Lipinski definition) is 2. The van der Waals surface area contributed by atoms with Crippen LogP contribution in [0, 0.1) is 0 Å². The molecule has 114 valence electrons. The second kappa shape index (κ2) is 5.91. The van der Waals surface area contributed by atoms with Crippen molar-refractivity contribution in [2.75, 3.05) is 45.5 Å². The SMILES string of the molecule is CN1CCN(CCCn2nc(N)c3cc(O)ccc32)CC1. The van der Waals surface area contributed by atoms with Crippen LogP contribution in [0.15, 0.2) is 18.2 Å². The molecule has 1 aliphatic rings. The third-order valence-electron chi connectivity index (χ3n) is 4.20. The molecule has 6 nitrogen and oxygen atoms in total. The number of aryl methyl sites for hydroxylation is 1. The van der Waals surface area contributed by atoms with E-state index in [2.05, 4.69) is 21.9 Å². The molecule has 0 spiro atoms. The Hall–Kier alpha value is -1.79. The fraction of sp³-hybridized carbons (Fsp3) is 0.533. The smallest absolute Gasteiger partial charge is 0.153 e. The lowest BCUT2D eigenvalue weighted by Gasteiger charge is -2.32. The van der Waals surface area contributed by atoms with E-state index in [1.165, 1.54) is 0 Å². The molecule has 0 bridgehead atoms. The first kappa shape index (κ1) is 14.2. The first-order valence-electron chi connectivity index (χ1n) is 7.49. The van der Waals surface area contributed by atoms with Crippen LogP contribution < -0.4 is 5.73 Å². The molecular formula is C15H23N5O. The van der Waals surface area contributed by atoms with Gasteiger partial charge in [0.05, 0.1) is 5.52 Å². The zero-order chi connectivity index (χ0) is 14.8. The van der Waals surface area contributed by atoms with E-state index < -0.39 is 0 Å². The van der Waals surface area contributed by atoms with E-state index in [1.807, 2.05) is 10.7 Å². The maximum absolute atomic E-state index is 9.53. The highest BCUT2D eigenvalue weighted by Crippen LogP contribution is 2.24. The topological polar surface area (TPSA) is 70.5 Å². The molecule has 2 aromatic rings. The Balaban J connectivity index is 1.61. The quantitative estimate of drug-likeness (QED) is 0.877. The van der Waals surface area contributed by atoms with Gasteiger partial charge in [-0.1, -0.05) is 0 Å². The van der Waals surface area contributed by atoms with Gasteiger partial charge in [0, 0.05) is 38.1 Å². The number of anilines is 1. The van der Waals surface area contributed by atoms with Crippen molar-refractivity contribution in [3.05, 3.63) is 18.2 Å². The lowest BCUT2D eigenvalue weighted by atomic mass is 10.2. The van der Waals surface area contributed by atoms with Crippen LogP contribution in [0.5, 0.6) is 5.75 Å². The van der Waals surface area contributed by atoms with Crippen molar-refractivity contribution in [3.8, 4) is 5.75 Å². The van der Waals surface area contributed by atoms with Gasteiger partial charge in [-0.05, 0) is 38.2 Å². The minimum Gasteiger partial charge on any atom is -0.508 e. The molecule has 2 heterocycles. The van der Waals surface area contributed by atoms with Gasteiger partial charge < -0.3 is 20.6 Å². The highest BCUT2D eigenvalue weighted by atomic mass is 16.3. The van der Waals surface area contributed by atoms with E-state index in [0.717, 1.165) is 56.6 Å². The Labute approximate surface area is 124 Å². The maximum Gasteiger partial charge on any atom is 0.153 e. The van der Waals surface area contributed by atoms with Gasteiger partial charge >= 0.3 is 0 Å². The van der Waals surface area contributed by atoms with Crippen molar-refractivity contribution in [3.63, 3.8) is 0 Å². The zero-order valence-electron chi connectivity index (χ0n) is 12.5. The number of benzene rings is 1. The summed E-state index contributed by atoms with van der Waals surface area (Å²) in [4.78, 5) is 4.87. The zero-order valence-corrected chi connectivity index (χ0v) is 12.5. The number of nitrogens with two attached hydrogens (primary N) is 1. The Morgan fingerprint density at radius 1 is 1.19 bits per heavy atom. The van der Waals surface area contributed by atoms with E-state index >= 15 is 0 Å². The van der Waals surface area contributed by atoms with E-state index in [4.69, 9.17) is 5.73 Å². The van der Waals surface area contributed by atoms with Crippen molar-refractivity contribution in [1.29, 1.82) is 0 Å². The third kappa shape index (κ3) is 3.11. The molecule has 3 N–H and O–H groups in total. The number of aromatic nitrogens is 2. The highest BCUT2D eigenvalue weighted by Gasteiger charge is 2.14. The van der Waals surface area contributed by atoms with Gasteiger partial charge in [-0.3, -0.25) is 4.68 Å². The summed E-state index contributed by atoms with van der Waals surface area (Å²) in [6.45, 7) is 6.53. The van der Waals surface area contributed by atoms with Crippen LogP contribution in [0.2, 0.25) is 0 Å². The molecule has 21 heavy (non-hydrogen) atoms. The number of phenolic OH excluding ortho intramolecular Hbond substituents is 1. The van der Waals surface area contributed by atoms with Gasteiger partial charge in [-0.2, -0.15) is 5.10 Å². The van der Waals surface area contributed by atoms with Gasteiger partial charge in [0.15, 0.2) is 5.82 Å². The average molecular weight is 289 g/mol. The molecule has 0 aliphatic carbocycles. The van der Waals surface area contributed by atoms with Crippen molar-refractivity contribution >= 4 is 16.7 Å². The number of aromatic hydroxyl groups is 1. The minimum atomic E-state index is 0.228. The molecule has 0 unspecified atom stereocenters. The van der Waals surface area contributed by atoms with Crippen LogP contribution in [0.25, 0.3) is 10.9 Å². The second-order valence-electron chi connectivity index (χ2n) is 5.81. The summed E-state index contributed by atoms with van der Waals surface area (Å²) < 4.78 is 1.94. The second-order valence-corrected chi connectivity index (χ2v) is 5.81. The predicted octanol–water partition coefficient (Wildman–Crippen LogP) is 0.962. The molecule has 1 aromatic carbocycles. The largest absolute Gasteiger partial charge is 0.508 e. The van der Waals surface area contributed by atoms with Crippen LogP contribution >= 0.6 is 0 Å². The van der Waals surface area contributed by atoms with E-state index in [1.54, 1.807) is 12.1 Å². The highest BCUT2D eigenvalue weighted by molar-refractivity contribution is 5.90.